The second-order valence-electron chi connectivity index (χ2n) is 8.08. The number of rotatable bonds is 7. The van der Waals surface area contributed by atoms with Crippen LogP contribution in [0.4, 0.5) is 0 Å². The van der Waals surface area contributed by atoms with E-state index in [1.54, 1.807) is 6.07 Å². The maximum absolute atomic E-state index is 6.27. The van der Waals surface area contributed by atoms with E-state index < -0.39 is 0 Å². The van der Waals surface area contributed by atoms with Crippen LogP contribution in [0.15, 0.2) is 64.4 Å². The van der Waals surface area contributed by atoms with Crippen molar-refractivity contribution >= 4 is 34.3 Å². The first-order chi connectivity index (χ1) is 16.8. The Balaban J connectivity index is 1.28. The Hall–Kier alpha value is -3.14. The summed E-state index contributed by atoms with van der Waals surface area (Å²) in [6.07, 6.45) is 4.24. The van der Waals surface area contributed by atoms with Crippen LogP contribution in [0.3, 0.4) is 0 Å². The number of hydrogen-bond donors (Lipinski definition) is 1. The molecule has 0 amide bonds. The van der Waals surface area contributed by atoms with E-state index in [2.05, 4.69) is 42.0 Å². The van der Waals surface area contributed by atoms with Gasteiger partial charge in [-0.1, -0.05) is 58.9 Å². The van der Waals surface area contributed by atoms with Crippen molar-refractivity contribution in [1.82, 2.24) is 29.9 Å². The number of ether oxygens (including phenoxy) is 1. The van der Waals surface area contributed by atoms with Gasteiger partial charge in [-0.25, -0.2) is 0 Å². The third-order valence-corrected chi connectivity index (χ3v) is 7.15. The number of benzene rings is 2. The van der Waals surface area contributed by atoms with Crippen LogP contribution in [0.25, 0.3) is 33.7 Å². The van der Waals surface area contributed by atoms with Gasteiger partial charge in [0.1, 0.15) is 0 Å². The molecule has 6 rings (SSSR count). The molecular weight excluding hydrogens is 472 g/mol. The summed E-state index contributed by atoms with van der Waals surface area (Å²) in [5, 5.41) is 15.7. The van der Waals surface area contributed by atoms with Crippen LogP contribution in [-0.4, -0.2) is 42.6 Å². The molecular formula is C24H21ClN6O2S. The second kappa shape index (κ2) is 9.25. The maximum Gasteiger partial charge on any atom is 0.259 e. The molecule has 172 valence electrons. The van der Waals surface area contributed by atoms with E-state index in [0.29, 0.717) is 29.0 Å². The fourth-order valence-electron chi connectivity index (χ4n) is 4.19. The lowest BCUT2D eigenvalue weighted by atomic mass is 10.1. The lowest BCUT2D eigenvalue weighted by molar-refractivity contribution is 0.0953. The van der Waals surface area contributed by atoms with E-state index in [9.17, 15) is 0 Å². The first kappa shape index (κ1) is 21.4. The molecule has 1 unspecified atom stereocenters. The molecule has 1 atom stereocenters. The molecule has 0 spiro atoms. The van der Waals surface area contributed by atoms with Crippen LogP contribution in [0.1, 0.15) is 18.7 Å². The summed E-state index contributed by atoms with van der Waals surface area (Å²) < 4.78 is 13.5. The zero-order chi connectivity index (χ0) is 22.9. The molecule has 1 N–H and O–H groups in total. The second-order valence-corrected chi connectivity index (χ2v) is 9.43. The SMILES string of the molecule is Clc1ccccc1-c1nc(CSc2nnc(-c3c[nH]c4ccccc34)n2CC2CCCO2)no1. The number of H-pyrrole nitrogens is 1. The van der Waals surface area contributed by atoms with E-state index in [-0.39, 0.29) is 6.10 Å². The first-order valence-electron chi connectivity index (χ1n) is 11.1. The van der Waals surface area contributed by atoms with Crippen molar-refractivity contribution < 1.29 is 9.26 Å². The Morgan fingerprint density at radius 3 is 2.85 bits per heavy atom. The zero-order valence-electron chi connectivity index (χ0n) is 18.1. The highest BCUT2D eigenvalue weighted by Crippen LogP contribution is 2.32. The van der Waals surface area contributed by atoms with Gasteiger partial charge in [-0.05, 0) is 31.0 Å². The Labute approximate surface area is 204 Å². The maximum atomic E-state index is 6.27. The van der Waals surface area contributed by atoms with Gasteiger partial charge in [0.2, 0.25) is 0 Å². The number of halogens is 1. The first-order valence-corrected chi connectivity index (χ1v) is 12.4. The summed E-state index contributed by atoms with van der Waals surface area (Å²) in [6, 6.07) is 15.6. The molecule has 1 saturated heterocycles. The molecule has 8 nitrogen and oxygen atoms in total. The quantitative estimate of drug-likeness (QED) is 0.295. The molecule has 0 bridgehead atoms. The average Bonchev–Trinajstić information content (AvgIpc) is 3.66. The minimum Gasteiger partial charge on any atom is -0.376 e. The molecule has 2 aromatic carbocycles. The number of para-hydroxylation sites is 1. The van der Waals surface area contributed by atoms with E-state index in [4.69, 9.17) is 20.9 Å². The Bertz CT molecular complexity index is 1440. The minimum absolute atomic E-state index is 0.149. The zero-order valence-corrected chi connectivity index (χ0v) is 19.7. The van der Waals surface area contributed by atoms with Crippen molar-refractivity contribution in [3.05, 3.63) is 65.6 Å². The lowest BCUT2D eigenvalue weighted by Crippen LogP contribution is -2.16. The summed E-state index contributed by atoms with van der Waals surface area (Å²) in [4.78, 5) is 7.85. The fourth-order valence-corrected chi connectivity index (χ4v) is 5.20. The third kappa shape index (κ3) is 4.11. The van der Waals surface area contributed by atoms with Gasteiger partial charge in [0, 0.05) is 29.3 Å². The summed E-state index contributed by atoms with van der Waals surface area (Å²) in [6.45, 7) is 1.49. The molecule has 3 aromatic heterocycles. The summed E-state index contributed by atoms with van der Waals surface area (Å²) >= 11 is 7.79. The van der Waals surface area contributed by atoms with Crippen molar-refractivity contribution in [2.75, 3.05) is 6.61 Å². The van der Waals surface area contributed by atoms with Gasteiger partial charge in [0.05, 0.1) is 29.0 Å². The highest BCUT2D eigenvalue weighted by atomic mass is 35.5. The molecule has 0 radical (unpaired) electrons. The number of fused-ring (bicyclic) bond motifs is 1. The smallest absolute Gasteiger partial charge is 0.259 e. The molecule has 34 heavy (non-hydrogen) atoms. The Morgan fingerprint density at radius 2 is 1.97 bits per heavy atom. The lowest BCUT2D eigenvalue weighted by Gasteiger charge is -2.14. The monoisotopic (exact) mass is 492 g/mol. The standard InChI is InChI=1S/C24H21ClN6O2S/c25-19-9-3-1-8-17(19)23-27-21(30-33-23)14-34-24-29-28-22(31(24)13-15-6-5-11-32-15)18-12-26-20-10-4-2-7-16(18)20/h1-4,7-10,12,15,26H,5-6,11,13-14H2. The Kier molecular flexibility index (Phi) is 5.82. The van der Waals surface area contributed by atoms with Crippen LogP contribution < -0.4 is 0 Å². The van der Waals surface area contributed by atoms with E-state index in [1.807, 2.05) is 36.5 Å². The summed E-state index contributed by atoms with van der Waals surface area (Å²) in [5.74, 6) is 2.29. The van der Waals surface area contributed by atoms with Crippen molar-refractivity contribution in [3.8, 4) is 22.8 Å². The fraction of sp³-hybridized carbons (Fsp3) is 0.250. The van der Waals surface area contributed by atoms with Crippen molar-refractivity contribution in [3.63, 3.8) is 0 Å². The third-order valence-electron chi connectivity index (χ3n) is 5.86. The summed E-state index contributed by atoms with van der Waals surface area (Å²) in [7, 11) is 0. The van der Waals surface area contributed by atoms with Gasteiger partial charge < -0.3 is 14.2 Å². The van der Waals surface area contributed by atoms with Crippen LogP contribution >= 0.6 is 23.4 Å². The van der Waals surface area contributed by atoms with Crippen molar-refractivity contribution in [1.29, 1.82) is 0 Å². The van der Waals surface area contributed by atoms with Crippen LogP contribution in [-0.2, 0) is 17.0 Å². The van der Waals surface area contributed by atoms with Crippen molar-refractivity contribution in [2.45, 2.75) is 36.4 Å². The number of aromatic amines is 1. The number of hydrogen-bond acceptors (Lipinski definition) is 7. The molecule has 0 saturated carbocycles. The molecule has 5 aromatic rings. The molecule has 10 heteroatoms. The topological polar surface area (TPSA) is 94.7 Å². The van der Waals surface area contributed by atoms with Crippen LogP contribution in [0, 0.1) is 0 Å². The molecule has 4 heterocycles. The highest BCUT2D eigenvalue weighted by molar-refractivity contribution is 7.98. The molecule has 1 fully saturated rings. The van der Waals surface area contributed by atoms with E-state index in [0.717, 1.165) is 52.5 Å². The highest BCUT2D eigenvalue weighted by Gasteiger charge is 2.23. The number of nitrogens with one attached hydrogen (secondary N) is 1. The molecule has 1 aliphatic heterocycles. The largest absolute Gasteiger partial charge is 0.376 e. The number of thioether (sulfide) groups is 1. The van der Waals surface area contributed by atoms with E-state index in [1.165, 1.54) is 11.8 Å². The normalized spacial score (nSPS) is 16.0. The average molecular weight is 493 g/mol. The number of aromatic nitrogens is 6. The molecule has 0 aliphatic carbocycles. The van der Waals surface area contributed by atoms with Crippen molar-refractivity contribution in [2.24, 2.45) is 0 Å². The van der Waals surface area contributed by atoms with Gasteiger partial charge in [0.25, 0.3) is 5.89 Å². The predicted molar refractivity (Wildman–Crippen MR) is 131 cm³/mol. The van der Waals surface area contributed by atoms with Crippen LogP contribution in [0.5, 0.6) is 0 Å². The van der Waals surface area contributed by atoms with Gasteiger partial charge >= 0.3 is 0 Å². The number of nitrogens with zero attached hydrogens (tertiary/aromatic N) is 5. The van der Waals surface area contributed by atoms with Gasteiger partial charge in [-0.3, -0.25) is 4.57 Å². The van der Waals surface area contributed by atoms with E-state index >= 15 is 0 Å². The summed E-state index contributed by atoms with van der Waals surface area (Å²) in [5.41, 5.74) is 2.81. The van der Waals surface area contributed by atoms with Crippen LogP contribution in [0.2, 0.25) is 5.02 Å². The van der Waals surface area contributed by atoms with Gasteiger partial charge in [-0.2, -0.15) is 4.98 Å². The van der Waals surface area contributed by atoms with Gasteiger partial charge in [0.15, 0.2) is 16.8 Å². The minimum atomic E-state index is 0.149. The Morgan fingerprint density at radius 1 is 1.09 bits per heavy atom. The molecule has 1 aliphatic rings. The van der Waals surface area contributed by atoms with Gasteiger partial charge in [-0.15, -0.1) is 10.2 Å². The predicted octanol–water partition coefficient (Wildman–Crippen LogP) is 5.60.